The Bertz CT molecular complexity index is 1490. The number of aliphatic hydroxyl groups excluding tert-OH is 1. The maximum Gasteiger partial charge on any atom is 0.251 e. The summed E-state index contributed by atoms with van der Waals surface area (Å²) in [4.78, 5) is 24.9. The van der Waals surface area contributed by atoms with Gasteiger partial charge in [0.05, 0.1) is 18.8 Å². The normalized spacial score (nSPS) is 19.9. The van der Waals surface area contributed by atoms with E-state index in [0.29, 0.717) is 12.1 Å². The third kappa shape index (κ3) is 8.12. The van der Waals surface area contributed by atoms with Gasteiger partial charge in [-0.25, -0.2) is 0 Å². The highest BCUT2D eigenvalue weighted by Gasteiger charge is 2.38. The van der Waals surface area contributed by atoms with E-state index < -0.39 is 6.29 Å². The number of rotatable bonds is 10. The predicted molar refractivity (Wildman–Crippen MR) is 168 cm³/mol. The molecule has 1 aliphatic rings. The molecule has 1 heterocycles. The first kappa shape index (κ1) is 30.5. The number of carbonyl (C=O) groups excluding carboxylic acids is 2. The number of carbonyl (C=O) groups is 2. The summed E-state index contributed by atoms with van der Waals surface area (Å²) in [5, 5.41) is 15.3. The van der Waals surface area contributed by atoms with Crippen molar-refractivity contribution in [3.8, 4) is 0 Å². The van der Waals surface area contributed by atoms with Crippen molar-refractivity contribution in [2.75, 3.05) is 11.1 Å². The number of hydrogen-bond acceptors (Lipinski definition) is 6. The summed E-state index contributed by atoms with van der Waals surface area (Å²) in [5.41, 5.74) is 5.16. The average Bonchev–Trinajstić information content (AvgIpc) is 3.04. The first-order chi connectivity index (χ1) is 20.9. The standard InChI is InChI=1S/C35H36N2O5S/c1-23-32(22-43-31-18-16-30(17-19-31)37-24(2)39)41-35(42-33(23)27-12-10-26(21-38)11-13-27)29-14-8-25(9-15-29)20-36-34(40)28-6-4-3-5-7-28/h3-19,23,32-33,35,38H,20-22H2,1-2H3,(H,36,40)(H,37,39)/t23-,32+,33+,35+/m0/s1. The SMILES string of the molecule is CC(=O)Nc1ccc(SC[C@H]2O[C@@H](c3ccc(CNC(=O)c4ccccc4)cc3)O[C@@H](c3ccc(CO)cc3)[C@H]2C)cc1. The van der Waals surface area contributed by atoms with Crippen LogP contribution in [0.1, 0.15) is 58.9 Å². The molecule has 0 bridgehead atoms. The number of anilines is 1. The molecule has 0 unspecified atom stereocenters. The second-order valence-electron chi connectivity index (χ2n) is 10.6. The van der Waals surface area contributed by atoms with E-state index in [1.165, 1.54) is 6.92 Å². The van der Waals surface area contributed by atoms with Gasteiger partial charge < -0.3 is 25.2 Å². The highest BCUT2D eigenvalue weighted by molar-refractivity contribution is 7.99. The number of amides is 2. The van der Waals surface area contributed by atoms with Gasteiger partial charge in [-0.15, -0.1) is 11.8 Å². The van der Waals surface area contributed by atoms with E-state index in [0.717, 1.165) is 38.6 Å². The van der Waals surface area contributed by atoms with Crippen molar-refractivity contribution >= 4 is 29.3 Å². The van der Waals surface area contributed by atoms with Gasteiger partial charge in [0.1, 0.15) is 0 Å². The highest BCUT2D eigenvalue weighted by Crippen LogP contribution is 2.43. The van der Waals surface area contributed by atoms with E-state index >= 15 is 0 Å². The lowest BCUT2D eigenvalue weighted by Crippen LogP contribution is -2.38. The zero-order chi connectivity index (χ0) is 30.2. The van der Waals surface area contributed by atoms with Crippen LogP contribution in [0.15, 0.2) is 108 Å². The summed E-state index contributed by atoms with van der Waals surface area (Å²) in [6, 6.07) is 32.8. The van der Waals surface area contributed by atoms with E-state index in [4.69, 9.17) is 9.47 Å². The van der Waals surface area contributed by atoms with E-state index in [-0.39, 0.29) is 36.5 Å². The molecule has 7 nitrogen and oxygen atoms in total. The zero-order valence-corrected chi connectivity index (χ0v) is 25.1. The Labute approximate surface area is 256 Å². The minimum Gasteiger partial charge on any atom is -0.392 e. The number of hydrogen-bond donors (Lipinski definition) is 3. The molecule has 5 rings (SSSR count). The van der Waals surface area contributed by atoms with Crippen molar-refractivity contribution in [2.45, 2.75) is 50.4 Å². The summed E-state index contributed by atoms with van der Waals surface area (Å²) < 4.78 is 13.1. The average molecular weight is 597 g/mol. The van der Waals surface area contributed by atoms with Crippen LogP contribution in [-0.4, -0.2) is 28.8 Å². The molecule has 2 amide bonds. The summed E-state index contributed by atoms with van der Waals surface area (Å²) in [6.07, 6.45) is -0.880. The number of thioether (sulfide) groups is 1. The lowest BCUT2D eigenvalue weighted by Gasteiger charge is -2.41. The molecular weight excluding hydrogens is 560 g/mol. The molecule has 0 aliphatic carbocycles. The van der Waals surface area contributed by atoms with Crippen LogP contribution in [0.3, 0.4) is 0 Å². The third-order valence-electron chi connectivity index (χ3n) is 7.45. The maximum absolute atomic E-state index is 12.4. The number of ether oxygens (including phenoxy) is 2. The van der Waals surface area contributed by atoms with Crippen molar-refractivity contribution in [1.82, 2.24) is 5.32 Å². The quantitative estimate of drug-likeness (QED) is 0.177. The molecule has 0 spiro atoms. The van der Waals surface area contributed by atoms with Gasteiger partial charge in [-0.1, -0.05) is 73.7 Å². The fraction of sp³-hybridized carbons (Fsp3) is 0.257. The van der Waals surface area contributed by atoms with Crippen molar-refractivity contribution in [3.05, 3.63) is 131 Å². The lowest BCUT2D eigenvalue weighted by molar-refractivity contribution is -0.268. The number of benzene rings is 4. The molecule has 1 fully saturated rings. The monoisotopic (exact) mass is 596 g/mol. The van der Waals surface area contributed by atoms with Crippen molar-refractivity contribution in [1.29, 1.82) is 0 Å². The molecule has 3 N–H and O–H groups in total. The topological polar surface area (TPSA) is 96.9 Å². The molecule has 1 aliphatic heterocycles. The minimum absolute atomic E-state index is 0.00869. The van der Waals surface area contributed by atoms with Gasteiger partial charge >= 0.3 is 0 Å². The third-order valence-corrected chi connectivity index (χ3v) is 8.55. The maximum atomic E-state index is 12.4. The Morgan fingerprint density at radius 1 is 0.814 bits per heavy atom. The summed E-state index contributed by atoms with van der Waals surface area (Å²) in [7, 11) is 0. The van der Waals surface area contributed by atoms with Crippen LogP contribution in [0.2, 0.25) is 0 Å². The van der Waals surface area contributed by atoms with Crippen molar-refractivity contribution < 1.29 is 24.2 Å². The van der Waals surface area contributed by atoms with Gasteiger partial charge in [0.15, 0.2) is 6.29 Å². The Balaban J connectivity index is 1.29. The first-order valence-corrected chi connectivity index (χ1v) is 15.3. The fourth-order valence-corrected chi connectivity index (χ4v) is 6.06. The second kappa shape index (κ2) is 14.5. The van der Waals surface area contributed by atoms with Crippen LogP contribution in [0.4, 0.5) is 5.69 Å². The molecule has 4 aromatic carbocycles. The molecule has 222 valence electrons. The first-order valence-electron chi connectivity index (χ1n) is 14.3. The van der Waals surface area contributed by atoms with Crippen molar-refractivity contribution in [2.24, 2.45) is 5.92 Å². The fourth-order valence-electron chi connectivity index (χ4n) is 4.99. The summed E-state index contributed by atoms with van der Waals surface area (Å²) in [6.45, 7) is 4.04. The Hall–Kier alpha value is -3.95. The molecule has 0 aromatic heterocycles. The van der Waals surface area contributed by atoms with Gasteiger partial charge in [-0.2, -0.15) is 0 Å². The zero-order valence-electron chi connectivity index (χ0n) is 24.2. The largest absolute Gasteiger partial charge is 0.392 e. The summed E-state index contributed by atoms with van der Waals surface area (Å²) in [5.74, 6) is 0.571. The van der Waals surface area contributed by atoms with Gasteiger partial charge in [0.2, 0.25) is 5.91 Å². The predicted octanol–water partition coefficient (Wildman–Crippen LogP) is 6.65. The Kier molecular flexibility index (Phi) is 10.3. The lowest BCUT2D eigenvalue weighted by atomic mass is 9.91. The molecular formula is C35H36N2O5S. The minimum atomic E-state index is -0.570. The van der Waals surface area contributed by atoms with Crippen LogP contribution in [0.25, 0.3) is 0 Å². The van der Waals surface area contributed by atoms with Crippen LogP contribution in [0, 0.1) is 5.92 Å². The number of nitrogens with one attached hydrogen (secondary N) is 2. The Morgan fingerprint density at radius 3 is 2.12 bits per heavy atom. The van der Waals surface area contributed by atoms with E-state index in [2.05, 4.69) is 17.6 Å². The van der Waals surface area contributed by atoms with Crippen molar-refractivity contribution in [3.63, 3.8) is 0 Å². The van der Waals surface area contributed by atoms with Crippen LogP contribution in [-0.2, 0) is 27.4 Å². The molecule has 0 radical (unpaired) electrons. The van der Waals surface area contributed by atoms with Crippen LogP contribution >= 0.6 is 11.8 Å². The summed E-state index contributed by atoms with van der Waals surface area (Å²) >= 11 is 1.70. The van der Waals surface area contributed by atoms with Crippen LogP contribution in [0.5, 0.6) is 0 Å². The second-order valence-corrected chi connectivity index (χ2v) is 11.7. The number of aliphatic hydroxyl groups is 1. The highest BCUT2D eigenvalue weighted by atomic mass is 32.2. The van der Waals surface area contributed by atoms with Gasteiger partial charge in [0.25, 0.3) is 5.91 Å². The molecule has 4 aromatic rings. The molecule has 1 saturated heterocycles. The smallest absolute Gasteiger partial charge is 0.251 e. The molecule has 4 atom stereocenters. The molecule has 8 heteroatoms. The van der Waals surface area contributed by atoms with E-state index in [1.54, 1.807) is 23.9 Å². The molecule has 43 heavy (non-hydrogen) atoms. The Morgan fingerprint density at radius 2 is 1.47 bits per heavy atom. The molecule has 0 saturated carbocycles. The van der Waals surface area contributed by atoms with Gasteiger partial charge in [-0.05, 0) is 53.1 Å². The van der Waals surface area contributed by atoms with Gasteiger partial charge in [0, 0.05) is 46.8 Å². The van der Waals surface area contributed by atoms with E-state index in [9.17, 15) is 14.7 Å². The van der Waals surface area contributed by atoms with E-state index in [1.807, 2.05) is 91.0 Å². The van der Waals surface area contributed by atoms with Gasteiger partial charge in [-0.3, -0.25) is 9.59 Å². The van der Waals surface area contributed by atoms with Crippen LogP contribution < -0.4 is 10.6 Å².